The van der Waals surface area contributed by atoms with Crippen molar-refractivity contribution in [1.29, 1.82) is 0 Å². The molecule has 1 atom stereocenters. The summed E-state index contributed by atoms with van der Waals surface area (Å²) in [6.07, 6.45) is 2.16. The van der Waals surface area contributed by atoms with Crippen molar-refractivity contribution in [2.24, 2.45) is 5.73 Å². The largest absolute Gasteiger partial charge is 0.497 e. The first-order valence-electron chi connectivity index (χ1n) is 7.43. The molecule has 1 rings (SSSR count). The second kappa shape index (κ2) is 9.23. The van der Waals surface area contributed by atoms with Crippen LogP contribution in [0.1, 0.15) is 32.3 Å². The Morgan fingerprint density at radius 3 is 2.81 bits per heavy atom. The molecule has 5 nitrogen and oxygen atoms in total. The van der Waals surface area contributed by atoms with Crippen LogP contribution in [-0.2, 0) is 11.2 Å². The molecule has 1 aromatic rings. The third kappa shape index (κ3) is 5.63. The zero-order valence-electron chi connectivity index (χ0n) is 13.1. The van der Waals surface area contributed by atoms with Crippen LogP contribution in [-0.4, -0.2) is 32.2 Å². The van der Waals surface area contributed by atoms with Crippen LogP contribution >= 0.6 is 0 Å². The van der Waals surface area contributed by atoms with Gasteiger partial charge >= 0.3 is 0 Å². The molecule has 3 N–H and O–H groups in total. The Hall–Kier alpha value is -1.75. The van der Waals surface area contributed by atoms with Gasteiger partial charge in [-0.3, -0.25) is 4.79 Å². The lowest BCUT2D eigenvalue weighted by atomic mass is 10.1. The minimum atomic E-state index is -0.550. The van der Waals surface area contributed by atoms with E-state index in [0.717, 1.165) is 18.4 Å². The summed E-state index contributed by atoms with van der Waals surface area (Å²) in [7, 11) is 1.60. The third-order valence-electron chi connectivity index (χ3n) is 3.19. The van der Waals surface area contributed by atoms with Crippen LogP contribution in [0.15, 0.2) is 18.2 Å². The number of nitrogens with two attached hydrogens (primary N) is 1. The van der Waals surface area contributed by atoms with Gasteiger partial charge in [0, 0.05) is 12.6 Å². The first kappa shape index (κ1) is 17.3. The van der Waals surface area contributed by atoms with Gasteiger partial charge < -0.3 is 20.5 Å². The van der Waals surface area contributed by atoms with Gasteiger partial charge in [0.1, 0.15) is 11.5 Å². The molecule has 0 fully saturated rings. The Kier molecular flexibility index (Phi) is 7.61. The molecule has 118 valence electrons. The summed E-state index contributed by atoms with van der Waals surface area (Å²) in [6.45, 7) is 5.03. The third-order valence-corrected chi connectivity index (χ3v) is 3.19. The van der Waals surface area contributed by atoms with Crippen molar-refractivity contribution in [3.05, 3.63) is 23.8 Å². The lowest BCUT2D eigenvalue weighted by Crippen LogP contribution is -2.37. The fourth-order valence-electron chi connectivity index (χ4n) is 1.91. The van der Waals surface area contributed by atoms with Crippen molar-refractivity contribution in [3.63, 3.8) is 0 Å². The number of carbonyl (C=O) groups excluding carboxylic acids is 1. The topological polar surface area (TPSA) is 73.6 Å². The number of hydrogen-bond acceptors (Lipinski definition) is 4. The maximum Gasteiger partial charge on any atom is 0.260 e. The molecule has 0 radical (unpaired) electrons. The van der Waals surface area contributed by atoms with E-state index in [-0.39, 0.29) is 5.91 Å². The number of carbonyl (C=O) groups is 1. The van der Waals surface area contributed by atoms with Gasteiger partial charge in [0.25, 0.3) is 5.91 Å². The molecule has 1 amide bonds. The molecule has 1 aromatic carbocycles. The first-order chi connectivity index (χ1) is 10.1. The highest BCUT2D eigenvalue weighted by Crippen LogP contribution is 2.26. The smallest absolute Gasteiger partial charge is 0.260 e. The zero-order valence-corrected chi connectivity index (χ0v) is 13.1. The summed E-state index contributed by atoms with van der Waals surface area (Å²) in [5.41, 5.74) is 6.58. The van der Waals surface area contributed by atoms with Crippen molar-refractivity contribution in [2.75, 3.05) is 20.2 Å². The summed E-state index contributed by atoms with van der Waals surface area (Å²) >= 11 is 0. The summed E-state index contributed by atoms with van der Waals surface area (Å²) in [6, 6.07) is 5.58. The quantitative estimate of drug-likeness (QED) is 0.682. The molecule has 0 aromatic heterocycles. The molecule has 0 aliphatic rings. The van der Waals surface area contributed by atoms with Gasteiger partial charge in [0.15, 0.2) is 6.10 Å². The van der Waals surface area contributed by atoms with Gasteiger partial charge in [0.2, 0.25) is 0 Å². The fourth-order valence-corrected chi connectivity index (χ4v) is 1.91. The van der Waals surface area contributed by atoms with E-state index in [2.05, 4.69) is 12.2 Å². The second-order valence-corrected chi connectivity index (χ2v) is 4.92. The maximum absolute atomic E-state index is 12.0. The van der Waals surface area contributed by atoms with E-state index in [1.54, 1.807) is 20.1 Å². The second-order valence-electron chi connectivity index (χ2n) is 4.92. The average Bonchev–Trinajstić information content (AvgIpc) is 2.49. The highest BCUT2D eigenvalue weighted by Gasteiger charge is 2.16. The molecule has 0 heterocycles. The number of nitrogens with one attached hydrogen (secondary N) is 1. The molecule has 0 bridgehead atoms. The van der Waals surface area contributed by atoms with Gasteiger partial charge in [-0.2, -0.15) is 0 Å². The Morgan fingerprint density at radius 2 is 2.19 bits per heavy atom. The zero-order chi connectivity index (χ0) is 15.7. The van der Waals surface area contributed by atoms with E-state index < -0.39 is 6.10 Å². The summed E-state index contributed by atoms with van der Waals surface area (Å²) in [4.78, 5) is 12.0. The van der Waals surface area contributed by atoms with Gasteiger partial charge in [-0.25, -0.2) is 0 Å². The van der Waals surface area contributed by atoms with Crippen LogP contribution < -0.4 is 20.5 Å². The summed E-state index contributed by atoms with van der Waals surface area (Å²) in [5.74, 6) is 1.24. The fraction of sp³-hybridized carbons (Fsp3) is 0.562. The van der Waals surface area contributed by atoms with Gasteiger partial charge in [-0.15, -0.1) is 0 Å². The average molecular weight is 294 g/mol. The van der Waals surface area contributed by atoms with Gasteiger partial charge in [-0.1, -0.05) is 19.4 Å². The van der Waals surface area contributed by atoms with E-state index in [1.165, 1.54) is 0 Å². The number of rotatable bonds is 9. The molecule has 0 aliphatic heterocycles. The van der Waals surface area contributed by atoms with E-state index in [4.69, 9.17) is 15.2 Å². The molecule has 0 spiro atoms. The van der Waals surface area contributed by atoms with Crippen LogP contribution in [0.2, 0.25) is 0 Å². The number of amides is 1. The highest BCUT2D eigenvalue weighted by molar-refractivity contribution is 5.80. The first-order valence-corrected chi connectivity index (χ1v) is 7.43. The minimum absolute atomic E-state index is 0.107. The minimum Gasteiger partial charge on any atom is -0.497 e. The lowest BCUT2D eigenvalue weighted by molar-refractivity contribution is -0.127. The number of benzene rings is 1. The highest BCUT2D eigenvalue weighted by atomic mass is 16.5. The normalized spacial score (nSPS) is 11.8. The van der Waals surface area contributed by atoms with Crippen LogP contribution in [0, 0.1) is 0 Å². The number of ether oxygens (including phenoxy) is 2. The van der Waals surface area contributed by atoms with Gasteiger partial charge in [-0.05, 0) is 37.9 Å². The van der Waals surface area contributed by atoms with Crippen molar-refractivity contribution in [3.8, 4) is 11.5 Å². The molecular weight excluding hydrogens is 268 g/mol. The van der Waals surface area contributed by atoms with E-state index in [1.807, 2.05) is 12.1 Å². The molecule has 0 saturated carbocycles. The van der Waals surface area contributed by atoms with Crippen molar-refractivity contribution in [1.82, 2.24) is 5.32 Å². The van der Waals surface area contributed by atoms with Crippen LogP contribution in [0.3, 0.4) is 0 Å². The number of hydrogen-bond donors (Lipinski definition) is 2. The van der Waals surface area contributed by atoms with Crippen molar-refractivity contribution < 1.29 is 14.3 Å². The molecule has 1 unspecified atom stereocenters. The SMILES string of the molecule is CCCCNC(=O)C(C)Oc1cc(OC)ccc1CCN. The number of methoxy groups -OCH3 is 1. The predicted octanol–water partition coefficient (Wildman–Crippen LogP) is 1.88. The molecule has 5 heteroatoms. The molecule has 21 heavy (non-hydrogen) atoms. The molecular formula is C16H26N2O3. The summed E-state index contributed by atoms with van der Waals surface area (Å²) in [5, 5.41) is 2.86. The number of unbranched alkanes of at least 4 members (excludes halogenated alkanes) is 1. The van der Waals surface area contributed by atoms with Crippen LogP contribution in [0.4, 0.5) is 0 Å². The molecule has 0 aliphatic carbocycles. The summed E-state index contributed by atoms with van der Waals surface area (Å²) < 4.78 is 11.0. The molecule has 0 saturated heterocycles. The van der Waals surface area contributed by atoms with E-state index in [9.17, 15) is 4.79 Å². The standard InChI is InChI=1S/C16H26N2O3/c1-4-5-10-18-16(19)12(2)21-15-11-14(20-3)7-6-13(15)8-9-17/h6-7,11-12H,4-5,8-10,17H2,1-3H3,(H,18,19). The monoisotopic (exact) mass is 294 g/mol. The Labute approximate surface area is 126 Å². The van der Waals surface area contributed by atoms with Crippen LogP contribution in [0.5, 0.6) is 11.5 Å². The Bertz CT molecular complexity index is 449. The lowest BCUT2D eigenvalue weighted by Gasteiger charge is -2.18. The predicted molar refractivity (Wildman–Crippen MR) is 83.8 cm³/mol. The van der Waals surface area contributed by atoms with E-state index >= 15 is 0 Å². The van der Waals surface area contributed by atoms with Gasteiger partial charge in [0.05, 0.1) is 7.11 Å². The Morgan fingerprint density at radius 1 is 1.43 bits per heavy atom. The van der Waals surface area contributed by atoms with Crippen molar-refractivity contribution >= 4 is 5.91 Å². The van der Waals surface area contributed by atoms with Crippen LogP contribution in [0.25, 0.3) is 0 Å². The maximum atomic E-state index is 12.0. The van der Waals surface area contributed by atoms with Crippen molar-refractivity contribution in [2.45, 2.75) is 39.2 Å². The Balaban J connectivity index is 2.72. The van der Waals surface area contributed by atoms with E-state index in [0.29, 0.717) is 31.0 Å².